The van der Waals surface area contributed by atoms with Gasteiger partial charge in [-0.3, -0.25) is 9.48 Å². The number of amides is 1. The maximum absolute atomic E-state index is 12.5. The number of nitrogens with one attached hydrogen (secondary N) is 2. The number of hydrogen-bond acceptors (Lipinski definition) is 3. The van der Waals surface area contributed by atoms with Crippen LogP contribution >= 0.6 is 0 Å². The van der Waals surface area contributed by atoms with E-state index in [9.17, 15) is 4.79 Å². The number of nitrogens with zero attached hydrogens (tertiary/aromatic N) is 2. The zero-order valence-corrected chi connectivity index (χ0v) is 12.4. The lowest BCUT2D eigenvalue weighted by Crippen LogP contribution is -2.19. The summed E-state index contributed by atoms with van der Waals surface area (Å²) in [4.78, 5) is 12.5. The predicted octanol–water partition coefficient (Wildman–Crippen LogP) is 2.59. The molecular formula is C16H20N4O. The number of aryl methyl sites for hydroxylation is 3. The van der Waals surface area contributed by atoms with Crippen LogP contribution in [-0.4, -0.2) is 22.2 Å². The minimum atomic E-state index is -0.120. The summed E-state index contributed by atoms with van der Waals surface area (Å²) in [6, 6.07) is 7.88. The van der Waals surface area contributed by atoms with Gasteiger partial charge in [-0.05, 0) is 37.0 Å². The van der Waals surface area contributed by atoms with Gasteiger partial charge in [0, 0.05) is 13.6 Å². The van der Waals surface area contributed by atoms with Crippen LogP contribution in [0.1, 0.15) is 35.1 Å². The molecule has 5 heteroatoms. The number of carbonyl (C=O) groups is 1. The predicted molar refractivity (Wildman–Crippen MR) is 83.8 cm³/mol. The van der Waals surface area contributed by atoms with Crippen LogP contribution in [0.4, 0.5) is 11.4 Å². The number of para-hydroxylation sites is 1. The number of anilines is 2. The highest BCUT2D eigenvalue weighted by atomic mass is 16.2. The Labute approximate surface area is 124 Å². The number of aromatic nitrogens is 2. The summed E-state index contributed by atoms with van der Waals surface area (Å²) >= 11 is 0. The molecule has 1 amide bonds. The highest BCUT2D eigenvalue weighted by Crippen LogP contribution is 2.30. The summed E-state index contributed by atoms with van der Waals surface area (Å²) in [6.45, 7) is 2.98. The van der Waals surface area contributed by atoms with Gasteiger partial charge in [-0.1, -0.05) is 19.1 Å². The Balaban J connectivity index is 1.86. The van der Waals surface area contributed by atoms with Crippen molar-refractivity contribution < 1.29 is 4.79 Å². The first-order valence-electron chi connectivity index (χ1n) is 7.39. The molecule has 2 N–H and O–H groups in total. The van der Waals surface area contributed by atoms with E-state index in [0.717, 1.165) is 42.9 Å². The Hall–Kier alpha value is -2.30. The highest BCUT2D eigenvalue weighted by molar-refractivity contribution is 6.05. The van der Waals surface area contributed by atoms with Crippen LogP contribution in [0, 0.1) is 0 Å². The van der Waals surface area contributed by atoms with E-state index in [1.54, 1.807) is 11.7 Å². The van der Waals surface area contributed by atoms with Gasteiger partial charge in [0.25, 0.3) is 5.91 Å². The molecule has 0 radical (unpaired) electrons. The molecule has 0 fully saturated rings. The highest BCUT2D eigenvalue weighted by Gasteiger charge is 2.17. The van der Waals surface area contributed by atoms with Crippen molar-refractivity contribution in [3.05, 3.63) is 41.2 Å². The quantitative estimate of drug-likeness (QED) is 0.911. The van der Waals surface area contributed by atoms with Crippen LogP contribution in [-0.2, 0) is 19.9 Å². The van der Waals surface area contributed by atoms with Crippen molar-refractivity contribution in [1.82, 2.24) is 9.78 Å². The lowest BCUT2D eigenvalue weighted by atomic mass is 10.0. The Morgan fingerprint density at radius 2 is 2.33 bits per heavy atom. The normalized spacial score (nSPS) is 13.4. The Kier molecular flexibility index (Phi) is 3.64. The van der Waals surface area contributed by atoms with Crippen molar-refractivity contribution in [1.29, 1.82) is 0 Å². The summed E-state index contributed by atoms with van der Waals surface area (Å²) in [5, 5.41) is 10.7. The number of fused-ring (bicyclic) bond motifs is 1. The summed E-state index contributed by atoms with van der Waals surface area (Å²) in [7, 11) is 1.80. The van der Waals surface area contributed by atoms with Gasteiger partial charge in [0.15, 0.2) is 0 Å². The molecule has 5 nitrogen and oxygen atoms in total. The second kappa shape index (κ2) is 5.60. The van der Waals surface area contributed by atoms with E-state index in [0.29, 0.717) is 5.69 Å². The molecule has 0 saturated heterocycles. The van der Waals surface area contributed by atoms with E-state index in [1.807, 2.05) is 25.1 Å². The summed E-state index contributed by atoms with van der Waals surface area (Å²) < 4.78 is 1.64. The Morgan fingerprint density at radius 3 is 3.10 bits per heavy atom. The lowest BCUT2D eigenvalue weighted by Gasteiger charge is -2.21. The van der Waals surface area contributed by atoms with Crippen LogP contribution in [0.5, 0.6) is 0 Å². The molecule has 1 aliphatic heterocycles. The monoisotopic (exact) mass is 284 g/mol. The molecule has 0 spiro atoms. The smallest absolute Gasteiger partial charge is 0.273 e. The van der Waals surface area contributed by atoms with E-state index < -0.39 is 0 Å². The van der Waals surface area contributed by atoms with Crippen molar-refractivity contribution in [2.24, 2.45) is 7.05 Å². The average Bonchev–Trinajstić information content (AvgIpc) is 2.89. The molecule has 2 aromatic rings. The summed E-state index contributed by atoms with van der Waals surface area (Å²) in [5.74, 6) is -0.120. The third kappa shape index (κ3) is 2.63. The third-order valence-electron chi connectivity index (χ3n) is 3.85. The van der Waals surface area contributed by atoms with Gasteiger partial charge in [0.2, 0.25) is 0 Å². The van der Waals surface area contributed by atoms with Crippen LogP contribution in [0.2, 0.25) is 0 Å². The average molecular weight is 284 g/mol. The maximum Gasteiger partial charge on any atom is 0.273 e. The zero-order valence-electron chi connectivity index (χ0n) is 12.4. The standard InChI is InChI=1S/C16H20N4O/c1-3-12-10-14(20(2)19-12)16(21)18-13-8-4-6-11-7-5-9-17-15(11)13/h4,6,8,10,17H,3,5,7,9H2,1-2H3,(H,18,21). The molecule has 21 heavy (non-hydrogen) atoms. The first-order chi connectivity index (χ1) is 10.2. The van der Waals surface area contributed by atoms with Crippen molar-refractivity contribution in [2.75, 3.05) is 17.2 Å². The van der Waals surface area contributed by atoms with E-state index in [1.165, 1.54) is 5.56 Å². The van der Waals surface area contributed by atoms with Crippen molar-refractivity contribution >= 4 is 17.3 Å². The molecule has 0 unspecified atom stereocenters. The number of benzene rings is 1. The lowest BCUT2D eigenvalue weighted by molar-refractivity contribution is 0.101. The second-order valence-electron chi connectivity index (χ2n) is 5.32. The van der Waals surface area contributed by atoms with Crippen molar-refractivity contribution in [2.45, 2.75) is 26.2 Å². The van der Waals surface area contributed by atoms with Gasteiger partial charge in [-0.2, -0.15) is 5.10 Å². The molecule has 2 heterocycles. The van der Waals surface area contributed by atoms with Gasteiger partial charge in [0.1, 0.15) is 5.69 Å². The van der Waals surface area contributed by atoms with Gasteiger partial charge in [0.05, 0.1) is 17.1 Å². The largest absolute Gasteiger partial charge is 0.383 e. The maximum atomic E-state index is 12.5. The molecular weight excluding hydrogens is 264 g/mol. The molecule has 0 saturated carbocycles. The minimum Gasteiger partial charge on any atom is -0.383 e. The fourth-order valence-electron chi connectivity index (χ4n) is 2.71. The summed E-state index contributed by atoms with van der Waals surface area (Å²) in [5.41, 5.74) is 4.67. The molecule has 110 valence electrons. The minimum absolute atomic E-state index is 0.120. The second-order valence-corrected chi connectivity index (χ2v) is 5.32. The number of rotatable bonds is 3. The fourth-order valence-corrected chi connectivity index (χ4v) is 2.71. The van der Waals surface area contributed by atoms with Gasteiger partial charge < -0.3 is 10.6 Å². The fraction of sp³-hybridized carbons (Fsp3) is 0.375. The van der Waals surface area contributed by atoms with E-state index in [4.69, 9.17) is 0 Å². The SMILES string of the molecule is CCc1cc(C(=O)Nc2cccc3c2NCCC3)n(C)n1. The first-order valence-corrected chi connectivity index (χ1v) is 7.39. The topological polar surface area (TPSA) is 59.0 Å². The van der Waals surface area contributed by atoms with E-state index in [-0.39, 0.29) is 5.91 Å². The Morgan fingerprint density at radius 1 is 1.48 bits per heavy atom. The molecule has 1 aliphatic rings. The molecule has 1 aromatic heterocycles. The molecule has 0 bridgehead atoms. The van der Waals surface area contributed by atoms with Crippen LogP contribution in [0.3, 0.4) is 0 Å². The summed E-state index contributed by atoms with van der Waals surface area (Å²) in [6.07, 6.45) is 3.01. The molecule has 1 aromatic carbocycles. The van der Waals surface area contributed by atoms with Gasteiger partial charge in [-0.15, -0.1) is 0 Å². The van der Waals surface area contributed by atoms with Crippen LogP contribution in [0.25, 0.3) is 0 Å². The van der Waals surface area contributed by atoms with Crippen LogP contribution < -0.4 is 10.6 Å². The van der Waals surface area contributed by atoms with Gasteiger partial charge >= 0.3 is 0 Å². The van der Waals surface area contributed by atoms with E-state index in [2.05, 4.69) is 21.8 Å². The Bertz CT molecular complexity index is 675. The molecule has 0 aliphatic carbocycles. The molecule has 0 atom stereocenters. The van der Waals surface area contributed by atoms with Crippen LogP contribution in [0.15, 0.2) is 24.3 Å². The van der Waals surface area contributed by atoms with E-state index >= 15 is 0 Å². The van der Waals surface area contributed by atoms with Crippen molar-refractivity contribution in [3.8, 4) is 0 Å². The third-order valence-corrected chi connectivity index (χ3v) is 3.85. The first kappa shape index (κ1) is 13.7. The number of carbonyl (C=O) groups excluding carboxylic acids is 1. The van der Waals surface area contributed by atoms with Crippen molar-refractivity contribution in [3.63, 3.8) is 0 Å². The number of hydrogen-bond donors (Lipinski definition) is 2. The van der Waals surface area contributed by atoms with Gasteiger partial charge in [-0.25, -0.2) is 0 Å². The zero-order chi connectivity index (χ0) is 14.8. The molecule has 3 rings (SSSR count).